The first-order valence-corrected chi connectivity index (χ1v) is 4.96. The summed E-state index contributed by atoms with van der Waals surface area (Å²) in [6.45, 7) is 14.8. The van der Waals surface area contributed by atoms with Crippen LogP contribution in [-0.2, 0) is 0 Å². The van der Waals surface area contributed by atoms with Gasteiger partial charge in [0.25, 0.3) is 0 Å². The van der Waals surface area contributed by atoms with E-state index in [9.17, 15) is 0 Å². The maximum atomic E-state index is 2.52. The van der Waals surface area contributed by atoms with Crippen LogP contribution in [0.2, 0.25) is 0 Å². The molecule has 0 bridgehead atoms. The fourth-order valence-electron chi connectivity index (χ4n) is 1.51. The van der Waals surface area contributed by atoms with E-state index >= 15 is 0 Å². The molecule has 1 aliphatic heterocycles. The number of nitrogens with zero attached hydrogens (tertiary/aromatic N) is 1. The second-order valence-corrected chi connectivity index (χ2v) is 3.31. The largest absolute Gasteiger partial charge is 0.303 e. The number of rotatable bonds is 1. The molecule has 0 aromatic rings. The summed E-state index contributed by atoms with van der Waals surface area (Å²) in [6.07, 6.45) is 0. The lowest BCUT2D eigenvalue weighted by molar-refractivity contribution is 0.342. The van der Waals surface area contributed by atoms with E-state index in [0.29, 0.717) is 0 Å². The Labute approximate surface area is 71.8 Å². The van der Waals surface area contributed by atoms with Crippen molar-refractivity contribution in [3.63, 3.8) is 0 Å². The molecule has 1 fully saturated rings. The monoisotopic (exact) mass is 157 g/mol. The molecule has 0 aromatic carbocycles. The van der Waals surface area contributed by atoms with Crippen molar-refractivity contribution in [2.75, 3.05) is 19.6 Å². The second kappa shape index (κ2) is 5.59. The molecule has 2 atom stereocenters. The minimum absolute atomic E-state index is 0.921. The molecule has 0 N–H and O–H groups in total. The number of hydrogen-bond donors (Lipinski definition) is 0. The van der Waals surface area contributed by atoms with Gasteiger partial charge in [0.1, 0.15) is 0 Å². The third-order valence-electron chi connectivity index (χ3n) is 2.51. The van der Waals surface area contributed by atoms with Gasteiger partial charge in [-0.3, -0.25) is 0 Å². The molecule has 0 saturated carbocycles. The van der Waals surface area contributed by atoms with Crippen molar-refractivity contribution in [3.8, 4) is 0 Å². The quantitative estimate of drug-likeness (QED) is 0.565. The summed E-state index contributed by atoms with van der Waals surface area (Å²) in [6, 6.07) is 0. The van der Waals surface area contributed by atoms with Gasteiger partial charge in [-0.05, 0) is 18.4 Å². The van der Waals surface area contributed by atoms with E-state index in [0.717, 1.165) is 11.8 Å². The molecule has 1 nitrogen and oxygen atoms in total. The first-order chi connectivity index (χ1) is 5.24. The van der Waals surface area contributed by atoms with Crippen molar-refractivity contribution in [3.05, 3.63) is 0 Å². The molecule has 1 heteroatoms. The van der Waals surface area contributed by atoms with Gasteiger partial charge in [0.15, 0.2) is 0 Å². The van der Waals surface area contributed by atoms with Gasteiger partial charge < -0.3 is 4.90 Å². The van der Waals surface area contributed by atoms with E-state index < -0.39 is 0 Å². The molecule has 1 heterocycles. The fourth-order valence-corrected chi connectivity index (χ4v) is 1.51. The van der Waals surface area contributed by atoms with Crippen LogP contribution in [0.4, 0.5) is 0 Å². The average molecular weight is 157 g/mol. The summed E-state index contributed by atoms with van der Waals surface area (Å²) < 4.78 is 0. The zero-order valence-corrected chi connectivity index (χ0v) is 8.72. The van der Waals surface area contributed by atoms with Gasteiger partial charge in [-0.25, -0.2) is 0 Å². The van der Waals surface area contributed by atoms with Crippen molar-refractivity contribution < 1.29 is 0 Å². The predicted molar refractivity (Wildman–Crippen MR) is 51.8 cm³/mol. The zero-order valence-electron chi connectivity index (χ0n) is 8.72. The average Bonchev–Trinajstić information content (AvgIpc) is 2.36. The molecule has 0 aromatic heterocycles. The normalized spacial score (nSPS) is 31.4. The Hall–Kier alpha value is -0.0400. The van der Waals surface area contributed by atoms with Crippen molar-refractivity contribution >= 4 is 0 Å². The molecular formula is C10H23N. The number of hydrogen-bond acceptors (Lipinski definition) is 1. The van der Waals surface area contributed by atoms with E-state index in [2.05, 4.69) is 25.7 Å². The first-order valence-electron chi connectivity index (χ1n) is 4.96. The second-order valence-electron chi connectivity index (χ2n) is 3.31. The predicted octanol–water partition coefficient (Wildman–Crippen LogP) is 2.62. The van der Waals surface area contributed by atoms with Crippen LogP contribution in [0.15, 0.2) is 0 Å². The van der Waals surface area contributed by atoms with Gasteiger partial charge in [0.2, 0.25) is 0 Å². The molecule has 1 aliphatic rings. The van der Waals surface area contributed by atoms with Crippen molar-refractivity contribution in [2.24, 2.45) is 11.8 Å². The van der Waals surface area contributed by atoms with Gasteiger partial charge in [-0.1, -0.05) is 34.6 Å². The third-order valence-corrected chi connectivity index (χ3v) is 2.51. The maximum Gasteiger partial charge on any atom is 0.00100 e. The van der Waals surface area contributed by atoms with Crippen LogP contribution in [0.1, 0.15) is 34.6 Å². The van der Waals surface area contributed by atoms with Crippen LogP contribution in [0.25, 0.3) is 0 Å². The minimum atomic E-state index is 0.921. The molecule has 68 valence electrons. The van der Waals surface area contributed by atoms with E-state index in [4.69, 9.17) is 0 Å². The van der Waals surface area contributed by atoms with Crippen LogP contribution in [-0.4, -0.2) is 24.5 Å². The molecular weight excluding hydrogens is 134 g/mol. The molecule has 11 heavy (non-hydrogen) atoms. The van der Waals surface area contributed by atoms with E-state index in [1.807, 2.05) is 13.8 Å². The molecule has 1 rings (SSSR count). The van der Waals surface area contributed by atoms with Crippen LogP contribution in [0, 0.1) is 11.8 Å². The Morgan fingerprint density at radius 3 is 1.64 bits per heavy atom. The molecule has 0 spiro atoms. The Balaban J connectivity index is 0.000000461. The SMILES string of the molecule is CC.CCN1CC(C)C(C)C1. The van der Waals surface area contributed by atoms with Crippen molar-refractivity contribution in [1.82, 2.24) is 4.90 Å². The third kappa shape index (κ3) is 3.24. The Morgan fingerprint density at radius 2 is 1.45 bits per heavy atom. The van der Waals surface area contributed by atoms with E-state index in [1.165, 1.54) is 19.6 Å². The van der Waals surface area contributed by atoms with E-state index in [1.54, 1.807) is 0 Å². The molecule has 0 radical (unpaired) electrons. The summed E-state index contributed by atoms with van der Waals surface area (Å²) in [5, 5.41) is 0. The lowest BCUT2D eigenvalue weighted by Gasteiger charge is -2.10. The topological polar surface area (TPSA) is 3.24 Å². The van der Waals surface area contributed by atoms with Gasteiger partial charge in [0.05, 0.1) is 0 Å². The van der Waals surface area contributed by atoms with Crippen LogP contribution in [0.5, 0.6) is 0 Å². The lowest BCUT2D eigenvalue weighted by atomic mass is 10.0. The first kappa shape index (κ1) is 11.0. The molecule has 0 amide bonds. The Kier molecular flexibility index (Phi) is 5.57. The smallest absolute Gasteiger partial charge is 0.00100 e. The fraction of sp³-hybridized carbons (Fsp3) is 1.00. The van der Waals surface area contributed by atoms with Gasteiger partial charge in [-0.15, -0.1) is 0 Å². The number of likely N-dealkylation sites (tertiary alicyclic amines) is 1. The molecule has 1 saturated heterocycles. The molecule has 0 aliphatic carbocycles. The highest BCUT2D eigenvalue weighted by Gasteiger charge is 2.23. The minimum Gasteiger partial charge on any atom is -0.303 e. The summed E-state index contributed by atoms with van der Waals surface area (Å²) >= 11 is 0. The van der Waals surface area contributed by atoms with Crippen molar-refractivity contribution in [2.45, 2.75) is 34.6 Å². The summed E-state index contributed by atoms with van der Waals surface area (Å²) in [4.78, 5) is 2.52. The van der Waals surface area contributed by atoms with Crippen LogP contribution < -0.4 is 0 Å². The highest BCUT2D eigenvalue weighted by molar-refractivity contribution is 4.76. The highest BCUT2D eigenvalue weighted by Crippen LogP contribution is 2.20. The molecule has 2 unspecified atom stereocenters. The maximum absolute atomic E-state index is 2.52. The van der Waals surface area contributed by atoms with Gasteiger partial charge in [0, 0.05) is 13.1 Å². The highest BCUT2D eigenvalue weighted by atomic mass is 15.1. The van der Waals surface area contributed by atoms with Gasteiger partial charge in [-0.2, -0.15) is 0 Å². The summed E-state index contributed by atoms with van der Waals surface area (Å²) in [7, 11) is 0. The standard InChI is InChI=1S/C8H17N.C2H6/c1-4-9-5-7(2)8(3)6-9;1-2/h7-8H,4-6H2,1-3H3;1-2H3. The van der Waals surface area contributed by atoms with Crippen LogP contribution in [0.3, 0.4) is 0 Å². The van der Waals surface area contributed by atoms with Gasteiger partial charge >= 0.3 is 0 Å². The Morgan fingerprint density at radius 1 is 1.09 bits per heavy atom. The zero-order chi connectivity index (χ0) is 8.85. The van der Waals surface area contributed by atoms with Crippen LogP contribution >= 0.6 is 0 Å². The van der Waals surface area contributed by atoms with E-state index in [-0.39, 0.29) is 0 Å². The summed E-state index contributed by atoms with van der Waals surface area (Å²) in [5.74, 6) is 1.84. The lowest BCUT2D eigenvalue weighted by Crippen LogP contribution is -2.19. The summed E-state index contributed by atoms with van der Waals surface area (Å²) in [5.41, 5.74) is 0. The van der Waals surface area contributed by atoms with Crippen molar-refractivity contribution in [1.29, 1.82) is 0 Å². The Bertz CT molecular complexity index is 80.9.